The van der Waals surface area contributed by atoms with Gasteiger partial charge in [0, 0.05) is 12.6 Å². The first kappa shape index (κ1) is 14.0. The molecule has 2 rings (SSSR count). The van der Waals surface area contributed by atoms with Gasteiger partial charge in [-0.3, -0.25) is 9.59 Å². The van der Waals surface area contributed by atoms with Crippen molar-refractivity contribution in [1.29, 1.82) is 0 Å². The highest BCUT2D eigenvalue weighted by molar-refractivity contribution is 5.91. The second-order valence-corrected chi connectivity index (χ2v) is 4.74. The molecule has 1 aromatic heterocycles. The zero-order valence-electron chi connectivity index (χ0n) is 11.6. The van der Waals surface area contributed by atoms with Crippen molar-refractivity contribution in [3.8, 4) is 0 Å². The summed E-state index contributed by atoms with van der Waals surface area (Å²) in [5.74, 6) is -0.286. The molecule has 0 saturated heterocycles. The van der Waals surface area contributed by atoms with E-state index in [1.54, 1.807) is 0 Å². The number of hydrogen-bond donors (Lipinski definition) is 2. The Morgan fingerprint density at radius 1 is 1.25 bits per heavy atom. The maximum atomic E-state index is 11.8. The fraction of sp³-hybridized carbons (Fsp3) is 0.267. The minimum atomic E-state index is -0.322. The van der Waals surface area contributed by atoms with E-state index in [9.17, 15) is 9.59 Å². The molecule has 5 nitrogen and oxygen atoms in total. The average Bonchev–Trinajstić information content (AvgIpc) is 2.43. The summed E-state index contributed by atoms with van der Waals surface area (Å²) >= 11 is 0. The molecule has 0 spiro atoms. The molecule has 5 heteroatoms. The van der Waals surface area contributed by atoms with Crippen molar-refractivity contribution in [1.82, 2.24) is 15.5 Å². The van der Waals surface area contributed by atoms with Crippen molar-refractivity contribution >= 4 is 5.91 Å². The normalized spacial score (nSPS) is 10.3. The predicted molar refractivity (Wildman–Crippen MR) is 76.8 cm³/mol. The third kappa shape index (κ3) is 3.54. The monoisotopic (exact) mass is 271 g/mol. The highest BCUT2D eigenvalue weighted by Gasteiger charge is 2.07. The molecule has 20 heavy (non-hydrogen) atoms. The summed E-state index contributed by atoms with van der Waals surface area (Å²) in [5, 5.41) is 8.72. The van der Waals surface area contributed by atoms with E-state index in [4.69, 9.17) is 0 Å². The van der Waals surface area contributed by atoms with Gasteiger partial charge in [0.25, 0.3) is 11.5 Å². The molecule has 1 aromatic carbocycles. The molecule has 2 aromatic rings. The molecule has 0 aliphatic heterocycles. The van der Waals surface area contributed by atoms with Crippen molar-refractivity contribution in [2.45, 2.75) is 20.3 Å². The smallest absolute Gasteiger partial charge is 0.271 e. The van der Waals surface area contributed by atoms with Crippen LogP contribution in [0.1, 0.15) is 27.2 Å². The number of carbonyl (C=O) groups is 1. The summed E-state index contributed by atoms with van der Waals surface area (Å²) in [6.45, 7) is 4.63. The van der Waals surface area contributed by atoms with Crippen LogP contribution < -0.4 is 10.9 Å². The van der Waals surface area contributed by atoms with E-state index in [0.717, 1.165) is 6.42 Å². The Bertz CT molecular complexity index is 657. The number of rotatable bonds is 4. The number of H-pyrrole nitrogens is 1. The third-order valence-electron chi connectivity index (χ3n) is 3.10. The molecular formula is C15H17N3O2. The molecule has 2 N–H and O–H groups in total. The summed E-state index contributed by atoms with van der Waals surface area (Å²) in [7, 11) is 0. The first-order chi connectivity index (χ1) is 9.56. The number of amides is 1. The van der Waals surface area contributed by atoms with Gasteiger partial charge in [0.15, 0.2) is 0 Å². The molecule has 0 radical (unpaired) electrons. The maximum Gasteiger partial charge on any atom is 0.271 e. The lowest BCUT2D eigenvalue weighted by atomic mass is 10.0. The minimum Gasteiger partial charge on any atom is -0.350 e. The highest BCUT2D eigenvalue weighted by Crippen LogP contribution is 2.10. The van der Waals surface area contributed by atoms with Gasteiger partial charge in [-0.05, 0) is 37.5 Å². The van der Waals surface area contributed by atoms with E-state index in [-0.39, 0.29) is 17.2 Å². The molecule has 0 aliphatic rings. The number of benzene rings is 1. The van der Waals surface area contributed by atoms with Crippen LogP contribution in [0.2, 0.25) is 0 Å². The minimum absolute atomic E-state index is 0.213. The van der Waals surface area contributed by atoms with E-state index >= 15 is 0 Å². The average molecular weight is 271 g/mol. The Morgan fingerprint density at radius 3 is 2.75 bits per heavy atom. The molecule has 0 fully saturated rings. The molecule has 0 unspecified atom stereocenters. The molecule has 0 atom stereocenters. The first-order valence-electron chi connectivity index (χ1n) is 6.46. The lowest BCUT2D eigenvalue weighted by Crippen LogP contribution is -2.27. The fourth-order valence-corrected chi connectivity index (χ4v) is 1.94. The molecule has 104 valence electrons. The van der Waals surface area contributed by atoms with Gasteiger partial charge in [0.05, 0.1) is 0 Å². The van der Waals surface area contributed by atoms with Crippen molar-refractivity contribution in [2.24, 2.45) is 0 Å². The van der Waals surface area contributed by atoms with Crippen LogP contribution in [0.3, 0.4) is 0 Å². The Kier molecular flexibility index (Phi) is 4.30. The largest absolute Gasteiger partial charge is 0.350 e. The summed E-state index contributed by atoms with van der Waals surface area (Å²) in [6, 6.07) is 8.97. The van der Waals surface area contributed by atoms with Crippen LogP contribution in [0, 0.1) is 13.8 Å². The van der Waals surface area contributed by atoms with Gasteiger partial charge in [-0.25, -0.2) is 5.10 Å². The van der Waals surface area contributed by atoms with Crippen molar-refractivity contribution in [3.63, 3.8) is 0 Å². The lowest BCUT2D eigenvalue weighted by Gasteiger charge is -2.08. The van der Waals surface area contributed by atoms with Gasteiger partial charge in [-0.2, -0.15) is 5.10 Å². The zero-order chi connectivity index (χ0) is 14.5. The van der Waals surface area contributed by atoms with Crippen LogP contribution in [-0.2, 0) is 6.42 Å². The summed E-state index contributed by atoms with van der Waals surface area (Å²) in [5.41, 5.74) is 3.54. The van der Waals surface area contributed by atoms with E-state index in [1.165, 1.54) is 28.8 Å². The van der Waals surface area contributed by atoms with E-state index in [1.807, 2.05) is 6.92 Å². The van der Waals surface area contributed by atoms with Crippen molar-refractivity contribution in [2.75, 3.05) is 6.54 Å². The fourth-order valence-electron chi connectivity index (χ4n) is 1.94. The van der Waals surface area contributed by atoms with Gasteiger partial charge in [0.2, 0.25) is 0 Å². The van der Waals surface area contributed by atoms with E-state index in [0.29, 0.717) is 6.54 Å². The molecule has 1 heterocycles. The van der Waals surface area contributed by atoms with Crippen LogP contribution >= 0.6 is 0 Å². The number of hydrogen-bond acceptors (Lipinski definition) is 3. The Balaban J connectivity index is 1.92. The molecule has 0 aliphatic carbocycles. The quantitative estimate of drug-likeness (QED) is 0.881. The number of aromatic nitrogens is 2. The Morgan fingerprint density at radius 2 is 2.05 bits per heavy atom. The van der Waals surface area contributed by atoms with Crippen LogP contribution in [0.15, 0.2) is 35.1 Å². The number of nitrogens with zero attached hydrogens (tertiary/aromatic N) is 1. The van der Waals surface area contributed by atoms with Crippen LogP contribution in [0.5, 0.6) is 0 Å². The first-order valence-corrected chi connectivity index (χ1v) is 6.46. The molecule has 0 bridgehead atoms. The number of aromatic amines is 1. The molecular weight excluding hydrogens is 254 g/mol. The van der Waals surface area contributed by atoms with Gasteiger partial charge in [-0.1, -0.05) is 23.8 Å². The highest BCUT2D eigenvalue weighted by atomic mass is 16.2. The number of nitrogens with one attached hydrogen (secondary N) is 2. The number of carbonyl (C=O) groups excluding carboxylic acids is 1. The molecule has 0 saturated carbocycles. The van der Waals surface area contributed by atoms with Gasteiger partial charge >= 0.3 is 0 Å². The standard InChI is InChI=1S/C15H17N3O2/c1-10-3-4-11(2)12(9-10)7-8-16-15(20)13-5-6-14(19)18-17-13/h3-6,9H,7-8H2,1-2H3,(H,16,20)(H,18,19). The predicted octanol–water partition coefficient (Wildman–Crippen LogP) is 1.36. The topological polar surface area (TPSA) is 74.8 Å². The van der Waals surface area contributed by atoms with Crippen LogP contribution in [-0.4, -0.2) is 22.6 Å². The van der Waals surface area contributed by atoms with Gasteiger partial charge in [0.1, 0.15) is 5.69 Å². The van der Waals surface area contributed by atoms with Crippen LogP contribution in [0.4, 0.5) is 0 Å². The van der Waals surface area contributed by atoms with Gasteiger partial charge < -0.3 is 5.32 Å². The van der Waals surface area contributed by atoms with Crippen molar-refractivity contribution in [3.05, 3.63) is 63.1 Å². The SMILES string of the molecule is Cc1ccc(C)c(CCNC(=O)c2ccc(=O)[nH]n2)c1. The van der Waals surface area contributed by atoms with Crippen molar-refractivity contribution < 1.29 is 4.79 Å². The molecule has 1 amide bonds. The Hall–Kier alpha value is -2.43. The van der Waals surface area contributed by atoms with E-state index < -0.39 is 0 Å². The van der Waals surface area contributed by atoms with Gasteiger partial charge in [-0.15, -0.1) is 0 Å². The zero-order valence-corrected chi connectivity index (χ0v) is 11.6. The second kappa shape index (κ2) is 6.14. The maximum absolute atomic E-state index is 11.8. The summed E-state index contributed by atoms with van der Waals surface area (Å²) in [4.78, 5) is 22.7. The lowest BCUT2D eigenvalue weighted by molar-refractivity contribution is 0.0948. The van der Waals surface area contributed by atoms with Crippen LogP contribution in [0.25, 0.3) is 0 Å². The summed E-state index contributed by atoms with van der Waals surface area (Å²) < 4.78 is 0. The third-order valence-corrected chi connectivity index (χ3v) is 3.10. The van der Waals surface area contributed by atoms with E-state index in [2.05, 4.69) is 40.6 Å². The summed E-state index contributed by atoms with van der Waals surface area (Å²) in [6.07, 6.45) is 0.766. The Labute approximate surface area is 117 Å². The second-order valence-electron chi connectivity index (χ2n) is 4.74. The number of aryl methyl sites for hydroxylation is 2.